The van der Waals surface area contributed by atoms with E-state index in [1.54, 1.807) is 12.1 Å². The van der Waals surface area contributed by atoms with Gasteiger partial charge in [0.2, 0.25) is 11.8 Å². The molecule has 0 spiro atoms. The number of furan rings is 1. The van der Waals surface area contributed by atoms with E-state index in [2.05, 4.69) is 20.6 Å². The van der Waals surface area contributed by atoms with Crippen molar-refractivity contribution in [2.45, 2.75) is 45.3 Å². The molecule has 33 heavy (non-hydrogen) atoms. The number of aliphatic imine (C=N–C) groups is 2. The van der Waals surface area contributed by atoms with Crippen molar-refractivity contribution in [1.82, 2.24) is 15.5 Å². The van der Waals surface area contributed by atoms with Gasteiger partial charge in [0.15, 0.2) is 5.17 Å². The molecule has 0 bridgehead atoms. The summed E-state index contributed by atoms with van der Waals surface area (Å²) in [6.07, 6.45) is 2.27. The van der Waals surface area contributed by atoms with Crippen LogP contribution < -0.4 is 10.6 Å². The number of nitrogens with one attached hydrogen (secondary N) is 2. The minimum absolute atomic E-state index is 0.0710. The lowest BCUT2D eigenvalue weighted by Crippen LogP contribution is -2.42. The molecule has 0 aliphatic carbocycles. The number of rotatable bonds is 8. The smallest absolute Gasteiger partial charge is 0.259 e. The van der Waals surface area contributed by atoms with E-state index in [0.29, 0.717) is 22.5 Å². The van der Waals surface area contributed by atoms with E-state index >= 15 is 0 Å². The molecule has 0 saturated carbocycles. The maximum absolute atomic E-state index is 13.2. The van der Waals surface area contributed by atoms with E-state index in [9.17, 15) is 14.4 Å². The van der Waals surface area contributed by atoms with E-state index in [0.717, 1.165) is 12.0 Å². The molecule has 9 nitrogen and oxygen atoms in total. The van der Waals surface area contributed by atoms with Crippen LogP contribution in [0.5, 0.6) is 0 Å². The number of amidine groups is 2. The molecule has 3 amide bonds. The number of thioether (sulfide) groups is 1. The number of nitrogens with zero attached hydrogens (tertiary/aromatic N) is 3. The second kappa shape index (κ2) is 10.0. The molecule has 2 aliphatic heterocycles. The van der Waals surface area contributed by atoms with Crippen LogP contribution in [0.25, 0.3) is 0 Å². The monoisotopic (exact) mass is 467 g/mol. The lowest BCUT2D eigenvalue weighted by atomic mass is 10.1. The highest BCUT2D eigenvalue weighted by Crippen LogP contribution is 2.34. The van der Waals surface area contributed by atoms with E-state index in [1.807, 2.05) is 38.1 Å². The highest BCUT2D eigenvalue weighted by molar-refractivity contribution is 8.14. The quantitative estimate of drug-likeness (QED) is 0.619. The molecule has 2 aromatic rings. The minimum Gasteiger partial charge on any atom is -0.467 e. The van der Waals surface area contributed by atoms with Crippen LogP contribution in [0.2, 0.25) is 0 Å². The van der Waals surface area contributed by atoms with E-state index in [1.165, 1.54) is 22.9 Å². The van der Waals surface area contributed by atoms with Gasteiger partial charge in [0.1, 0.15) is 17.6 Å². The van der Waals surface area contributed by atoms with Crippen molar-refractivity contribution < 1.29 is 18.8 Å². The van der Waals surface area contributed by atoms with Gasteiger partial charge in [-0.25, -0.2) is 9.89 Å². The van der Waals surface area contributed by atoms with Crippen LogP contribution in [0.4, 0.5) is 5.69 Å². The first kappa shape index (κ1) is 22.8. The first-order valence-electron chi connectivity index (χ1n) is 10.8. The second-order valence-electron chi connectivity index (χ2n) is 7.78. The number of para-hydroxylation sites is 1. The van der Waals surface area contributed by atoms with Crippen LogP contribution in [-0.2, 0) is 20.9 Å². The largest absolute Gasteiger partial charge is 0.467 e. The lowest BCUT2D eigenvalue weighted by Gasteiger charge is -2.25. The molecule has 1 aromatic heterocycles. The molecule has 172 valence electrons. The standard InChI is InChI=1S/C23H25N5O4S/c1-3-14(2)25-20(30)13-33-23-27-17-9-5-4-8-16(17)21-26-18(22(31)28(21)23)11-19(29)24-12-15-7-6-10-32-15/h4-10,14,18H,3,11-13H2,1-2H3,(H,24,29)(H,25,30)/t14-,18+/m1/s1. The Balaban J connectivity index is 1.48. The molecule has 2 aliphatic rings. The Labute approximate surface area is 195 Å². The zero-order chi connectivity index (χ0) is 23.4. The molecular weight excluding hydrogens is 442 g/mol. The van der Waals surface area contributed by atoms with Crippen molar-refractivity contribution in [3.63, 3.8) is 0 Å². The molecule has 2 atom stereocenters. The fraction of sp³-hybridized carbons (Fsp3) is 0.348. The Morgan fingerprint density at radius 1 is 1.21 bits per heavy atom. The maximum atomic E-state index is 13.2. The number of hydrogen-bond donors (Lipinski definition) is 2. The summed E-state index contributed by atoms with van der Waals surface area (Å²) in [7, 11) is 0. The van der Waals surface area contributed by atoms with E-state index < -0.39 is 6.04 Å². The third-order valence-corrected chi connectivity index (χ3v) is 6.26. The van der Waals surface area contributed by atoms with Gasteiger partial charge in [-0.3, -0.25) is 19.4 Å². The summed E-state index contributed by atoms with van der Waals surface area (Å²) < 4.78 is 5.21. The van der Waals surface area contributed by atoms with Gasteiger partial charge < -0.3 is 15.1 Å². The lowest BCUT2D eigenvalue weighted by molar-refractivity contribution is -0.128. The van der Waals surface area contributed by atoms with Crippen LogP contribution in [0.1, 0.15) is 38.0 Å². The highest BCUT2D eigenvalue weighted by Gasteiger charge is 2.42. The Morgan fingerprint density at radius 3 is 2.79 bits per heavy atom. The normalized spacial score (nSPS) is 17.6. The molecule has 0 radical (unpaired) electrons. The summed E-state index contributed by atoms with van der Waals surface area (Å²) >= 11 is 1.18. The van der Waals surface area contributed by atoms with Crippen molar-refractivity contribution >= 4 is 46.2 Å². The summed E-state index contributed by atoms with van der Waals surface area (Å²) in [5, 5.41) is 6.04. The topological polar surface area (TPSA) is 116 Å². The first-order valence-corrected chi connectivity index (χ1v) is 11.8. The third kappa shape index (κ3) is 5.16. The van der Waals surface area contributed by atoms with Gasteiger partial charge in [0.05, 0.1) is 30.7 Å². The SMILES string of the molecule is CC[C@@H](C)NC(=O)CSC1=Nc2ccccc2C2=N[C@@H](CC(=O)NCc3ccco3)C(=O)N12. The van der Waals surface area contributed by atoms with Crippen LogP contribution in [0, 0.1) is 0 Å². The number of amides is 3. The predicted molar refractivity (Wildman–Crippen MR) is 126 cm³/mol. The molecule has 0 saturated heterocycles. The van der Waals surface area contributed by atoms with Crippen LogP contribution in [-0.4, -0.2) is 51.5 Å². The van der Waals surface area contributed by atoms with Crippen molar-refractivity contribution in [2.24, 2.45) is 9.98 Å². The Morgan fingerprint density at radius 2 is 2.03 bits per heavy atom. The minimum atomic E-state index is -0.859. The van der Waals surface area contributed by atoms with Gasteiger partial charge >= 0.3 is 0 Å². The summed E-state index contributed by atoms with van der Waals surface area (Å²) in [6, 6.07) is 10.1. The van der Waals surface area contributed by atoms with Gasteiger partial charge in [-0.15, -0.1) is 0 Å². The second-order valence-corrected chi connectivity index (χ2v) is 8.72. The van der Waals surface area contributed by atoms with Gasteiger partial charge in [0.25, 0.3) is 5.91 Å². The van der Waals surface area contributed by atoms with Crippen LogP contribution >= 0.6 is 11.8 Å². The molecule has 3 heterocycles. The summed E-state index contributed by atoms with van der Waals surface area (Å²) in [6.45, 7) is 4.17. The number of benzene rings is 1. The number of carbonyl (C=O) groups excluding carboxylic acids is 3. The zero-order valence-electron chi connectivity index (χ0n) is 18.4. The van der Waals surface area contributed by atoms with Crippen molar-refractivity contribution in [1.29, 1.82) is 0 Å². The van der Waals surface area contributed by atoms with E-state index in [-0.39, 0.29) is 42.5 Å². The number of fused-ring (bicyclic) bond motifs is 3. The molecular formula is C23H25N5O4S. The number of carbonyl (C=O) groups is 3. The number of hydrogen-bond acceptors (Lipinski definition) is 7. The van der Waals surface area contributed by atoms with Crippen LogP contribution in [0.3, 0.4) is 0 Å². The van der Waals surface area contributed by atoms with Gasteiger partial charge in [-0.2, -0.15) is 0 Å². The van der Waals surface area contributed by atoms with Gasteiger partial charge in [-0.1, -0.05) is 30.8 Å². The molecule has 1 aromatic carbocycles. The fourth-order valence-corrected chi connectivity index (χ4v) is 4.24. The molecule has 2 N–H and O–H groups in total. The summed E-state index contributed by atoms with van der Waals surface area (Å²) in [5.74, 6) is 0.438. The van der Waals surface area contributed by atoms with Crippen LogP contribution in [0.15, 0.2) is 57.1 Å². The molecule has 4 rings (SSSR count). The Bertz CT molecular complexity index is 1110. The Hall–Kier alpha value is -3.40. The summed E-state index contributed by atoms with van der Waals surface area (Å²) in [4.78, 5) is 48.5. The van der Waals surface area contributed by atoms with Gasteiger partial charge in [-0.05, 0) is 37.6 Å². The van der Waals surface area contributed by atoms with Crippen molar-refractivity contribution in [3.05, 3.63) is 54.0 Å². The summed E-state index contributed by atoms with van der Waals surface area (Å²) in [5.41, 5.74) is 1.39. The third-order valence-electron chi connectivity index (χ3n) is 5.32. The Kier molecular flexibility index (Phi) is 6.93. The zero-order valence-corrected chi connectivity index (χ0v) is 19.2. The first-order chi connectivity index (χ1) is 16.0. The van der Waals surface area contributed by atoms with Crippen molar-refractivity contribution in [2.75, 3.05) is 5.75 Å². The average Bonchev–Trinajstić information content (AvgIpc) is 3.44. The predicted octanol–water partition coefficient (Wildman–Crippen LogP) is 2.59. The van der Waals surface area contributed by atoms with Crippen molar-refractivity contribution in [3.8, 4) is 0 Å². The average molecular weight is 468 g/mol. The molecule has 0 fully saturated rings. The highest BCUT2D eigenvalue weighted by atomic mass is 32.2. The fourth-order valence-electron chi connectivity index (χ4n) is 3.43. The molecule has 10 heteroatoms. The molecule has 0 unspecified atom stereocenters. The van der Waals surface area contributed by atoms with E-state index in [4.69, 9.17) is 4.42 Å². The van der Waals surface area contributed by atoms with Gasteiger partial charge in [0, 0.05) is 11.6 Å². The maximum Gasteiger partial charge on any atom is 0.259 e.